The maximum absolute atomic E-state index is 13.5. The predicted molar refractivity (Wildman–Crippen MR) is 110 cm³/mol. The number of carbonyl (C=O) groups excluding carboxylic acids is 2. The van der Waals surface area contributed by atoms with Gasteiger partial charge in [-0.3, -0.25) is 9.59 Å². The molecule has 28 heavy (non-hydrogen) atoms. The molecule has 0 saturated heterocycles. The predicted octanol–water partition coefficient (Wildman–Crippen LogP) is 4.64. The molecule has 1 atom stereocenters. The fraction of sp³-hybridized carbons (Fsp3) is 0.429. The van der Waals surface area contributed by atoms with E-state index in [1.807, 2.05) is 17.5 Å². The van der Waals surface area contributed by atoms with Crippen LogP contribution in [0.15, 0.2) is 41.8 Å². The van der Waals surface area contributed by atoms with Gasteiger partial charge in [-0.1, -0.05) is 37.5 Å². The minimum atomic E-state index is -0.851. The lowest BCUT2D eigenvalue weighted by Crippen LogP contribution is -2.47. The molecule has 0 radical (unpaired) electrons. The van der Waals surface area contributed by atoms with Crippen molar-refractivity contribution in [2.75, 3.05) is 5.88 Å². The molecule has 3 rings (SSSR count). The molecule has 1 fully saturated rings. The summed E-state index contributed by atoms with van der Waals surface area (Å²) in [7, 11) is 0. The first kappa shape index (κ1) is 20.8. The number of nitrogens with one attached hydrogen (secondary N) is 1. The zero-order chi connectivity index (χ0) is 19.9. The first-order valence-electron chi connectivity index (χ1n) is 9.52. The van der Waals surface area contributed by atoms with Crippen molar-refractivity contribution in [3.8, 4) is 0 Å². The lowest BCUT2D eigenvalue weighted by Gasteiger charge is -2.33. The Kier molecular flexibility index (Phi) is 7.45. The number of hydrogen-bond donors (Lipinski definition) is 1. The van der Waals surface area contributed by atoms with Crippen molar-refractivity contribution in [3.05, 3.63) is 58.0 Å². The second-order valence-electron chi connectivity index (χ2n) is 7.03. The van der Waals surface area contributed by atoms with Gasteiger partial charge in [0.15, 0.2) is 0 Å². The van der Waals surface area contributed by atoms with Gasteiger partial charge in [0.2, 0.25) is 11.8 Å². The Balaban J connectivity index is 1.90. The van der Waals surface area contributed by atoms with Gasteiger partial charge in [0.25, 0.3) is 0 Å². The second kappa shape index (κ2) is 10.0. The average molecular weight is 423 g/mol. The van der Waals surface area contributed by atoms with Crippen LogP contribution in [0.25, 0.3) is 0 Å². The number of alkyl halides is 1. The van der Waals surface area contributed by atoms with Crippen molar-refractivity contribution in [1.82, 2.24) is 10.2 Å². The standard InChI is InChI=1S/C21H24ClFN2O2S/c22-13-19(26)25(14-18-7-4-12-28-18)20(15-8-10-16(23)11-9-15)21(27)24-17-5-2-1-3-6-17/h4,7-12,17,20H,1-3,5-6,13-14H2,(H,24,27)/t20-/m0/s1. The Morgan fingerprint density at radius 2 is 1.89 bits per heavy atom. The van der Waals surface area contributed by atoms with Crippen molar-refractivity contribution in [1.29, 1.82) is 0 Å². The van der Waals surface area contributed by atoms with Gasteiger partial charge < -0.3 is 10.2 Å². The molecule has 1 aromatic carbocycles. The molecule has 2 amide bonds. The summed E-state index contributed by atoms with van der Waals surface area (Å²) in [6.45, 7) is 0.281. The molecule has 1 N–H and O–H groups in total. The Morgan fingerprint density at radius 3 is 2.50 bits per heavy atom. The molecular formula is C21H24ClFN2O2S. The largest absolute Gasteiger partial charge is 0.351 e. The summed E-state index contributed by atoms with van der Waals surface area (Å²) in [6, 6.07) is 8.82. The maximum atomic E-state index is 13.5. The van der Waals surface area contributed by atoms with Gasteiger partial charge in [-0.15, -0.1) is 22.9 Å². The molecule has 1 saturated carbocycles. The van der Waals surface area contributed by atoms with Gasteiger partial charge in [0, 0.05) is 10.9 Å². The third-order valence-corrected chi connectivity index (χ3v) is 6.13. The molecule has 0 spiro atoms. The fourth-order valence-electron chi connectivity index (χ4n) is 3.62. The molecule has 0 unspecified atom stereocenters. The van der Waals surface area contributed by atoms with Crippen LogP contribution < -0.4 is 5.32 Å². The van der Waals surface area contributed by atoms with Crippen LogP contribution >= 0.6 is 22.9 Å². The number of halogens is 2. The molecule has 0 aliphatic heterocycles. The van der Waals surface area contributed by atoms with Crippen LogP contribution in [0.3, 0.4) is 0 Å². The first-order valence-corrected chi connectivity index (χ1v) is 10.9. The van der Waals surface area contributed by atoms with Gasteiger partial charge >= 0.3 is 0 Å². The van der Waals surface area contributed by atoms with Gasteiger partial charge in [-0.2, -0.15) is 0 Å². The van der Waals surface area contributed by atoms with E-state index in [1.165, 1.54) is 34.8 Å². The molecule has 2 aromatic rings. The zero-order valence-electron chi connectivity index (χ0n) is 15.6. The first-order chi connectivity index (χ1) is 13.6. The topological polar surface area (TPSA) is 49.4 Å². The molecule has 150 valence electrons. The molecule has 1 aliphatic carbocycles. The number of rotatable bonds is 7. The van der Waals surface area contributed by atoms with Crippen molar-refractivity contribution < 1.29 is 14.0 Å². The SMILES string of the molecule is O=C(NC1CCCCC1)[C@H](c1ccc(F)cc1)N(Cc1cccs1)C(=O)CCl. The van der Waals surface area contributed by atoms with E-state index in [4.69, 9.17) is 11.6 Å². The summed E-state index contributed by atoms with van der Waals surface area (Å²) in [6.07, 6.45) is 5.24. The number of thiophene rings is 1. The summed E-state index contributed by atoms with van der Waals surface area (Å²) >= 11 is 7.37. The molecular weight excluding hydrogens is 399 g/mol. The van der Waals surface area contributed by atoms with Gasteiger partial charge in [0.05, 0.1) is 6.54 Å². The van der Waals surface area contributed by atoms with Crippen LogP contribution in [0.4, 0.5) is 4.39 Å². The number of amides is 2. The van der Waals surface area contributed by atoms with E-state index in [0.717, 1.165) is 30.6 Å². The van der Waals surface area contributed by atoms with Gasteiger partial charge in [-0.25, -0.2) is 4.39 Å². The molecule has 4 nitrogen and oxygen atoms in total. The normalized spacial score (nSPS) is 15.8. The Morgan fingerprint density at radius 1 is 1.18 bits per heavy atom. The Labute approximate surface area is 173 Å². The van der Waals surface area contributed by atoms with Crippen molar-refractivity contribution in [3.63, 3.8) is 0 Å². The summed E-state index contributed by atoms with van der Waals surface area (Å²) in [5, 5.41) is 5.03. The Bertz CT molecular complexity index is 776. The highest BCUT2D eigenvalue weighted by Gasteiger charge is 2.32. The van der Waals surface area contributed by atoms with Crippen LogP contribution in [0.2, 0.25) is 0 Å². The van der Waals surface area contributed by atoms with Crippen molar-refractivity contribution in [2.24, 2.45) is 0 Å². The zero-order valence-corrected chi connectivity index (χ0v) is 17.1. The van der Waals surface area contributed by atoms with Crippen LogP contribution in [0, 0.1) is 5.82 Å². The molecule has 0 bridgehead atoms. The summed E-state index contributed by atoms with van der Waals surface area (Å²) < 4.78 is 13.5. The third-order valence-electron chi connectivity index (χ3n) is 5.04. The smallest absolute Gasteiger partial charge is 0.247 e. The van der Waals surface area contributed by atoms with Crippen LogP contribution in [-0.2, 0) is 16.1 Å². The summed E-state index contributed by atoms with van der Waals surface area (Å²) in [4.78, 5) is 28.4. The van der Waals surface area contributed by atoms with E-state index in [2.05, 4.69) is 5.32 Å². The van der Waals surface area contributed by atoms with Gasteiger partial charge in [0.1, 0.15) is 17.7 Å². The van der Waals surface area contributed by atoms with Crippen LogP contribution in [0.1, 0.15) is 48.6 Å². The van der Waals surface area contributed by atoms with Crippen molar-refractivity contribution >= 4 is 34.8 Å². The van der Waals surface area contributed by atoms with E-state index in [9.17, 15) is 14.0 Å². The quantitative estimate of drug-likeness (QED) is 0.660. The van der Waals surface area contributed by atoms with Crippen LogP contribution in [-0.4, -0.2) is 28.6 Å². The lowest BCUT2D eigenvalue weighted by molar-refractivity contribution is -0.140. The van der Waals surface area contributed by atoms with Gasteiger partial charge in [-0.05, 0) is 42.0 Å². The highest BCUT2D eigenvalue weighted by atomic mass is 35.5. The summed E-state index contributed by atoms with van der Waals surface area (Å²) in [5.41, 5.74) is 0.574. The number of nitrogens with zero attached hydrogens (tertiary/aromatic N) is 1. The van der Waals surface area contributed by atoms with Crippen molar-refractivity contribution in [2.45, 2.75) is 50.7 Å². The highest BCUT2D eigenvalue weighted by Crippen LogP contribution is 2.27. The highest BCUT2D eigenvalue weighted by molar-refractivity contribution is 7.09. The minimum absolute atomic E-state index is 0.110. The monoisotopic (exact) mass is 422 g/mol. The third kappa shape index (κ3) is 5.32. The van der Waals surface area contributed by atoms with E-state index in [0.29, 0.717) is 5.56 Å². The lowest BCUT2D eigenvalue weighted by atomic mass is 9.94. The molecule has 7 heteroatoms. The molecule has 1 heterocycles. The molecule has 1 aliphatic rings. The summed E-state index contributed by atoms with van der Waals surface area (Å²) in [5.74, 6) is -1.18. The average Bonchev–Trinajstić information content (AvgIpc) is 3.22. The number of hydrogen-bond acceptors (Lipinski definition) is 3. The van der Waals surface area contributed by atoms with E-state index in [1.54, 1.807) is 12.1 Å². The Hall–Kier alpha value is -1.92. The van der Waals surface area contributed by atoms with E-state index in [-0.39, 0.29) is 36.1 Å². The number of carbonyl (C=O) groups is 2. The molecule has 1 aromatic heterocycles. The minimum Gasteiger partial charge on any atom is -0.351 e. The van der Waals surface area contributed by atoms with E-state index < -0.39 is 6.04 Å². The second-order valence-corrected chi connectivity index (χ2v) is 8.33. The van der Waals surface area contributed by atoms with Crippen LogP contribution in [0.5, 0.6) is 0 Å². The van der Waals surface area contributed by atoms with E-state index >= 15 is 0 Å². The maximum Gasteiger partial charge on any atom is 0.247 e. The fourth-order valence-corrected chi connectivity index (χ4v) is 4.47. The number of benzene rings is 1.